The van der Waals surface area contributed by atoms with Gasteiger partial charge in [0.2, 0.25) is 5.91 Å². The smallest absolute Gasteiger partial charge is 0.321 e. The maximum atomic E-state index is 11.2. The number of hydrogen-bond acceptors (Lipinski definition) is 3. The fourth-order valence-corrected chi connectivity index (χ4v) is 1.81. The lowest BCUT2D eigenvalue weighted by molar-refractivity contribution is -0.119. The van der Waals surface area contributed by atoms with Crippen molar-refractivity contribution < 1.29 is 13.8 Å². The predicted octanol–water partition coefficient (Wildman–Crippen LogP) is 0.598. The van der Waals surface area contributed by atoms with Crippen LogP contribution in [0.1, 0.15) is 19.8 Å². The molecule has 0 rings (SSSR count). The summed E-state index contributed by atoms with van der Waals surface area (Å²) < 4.78 is 10.8. The minimum atomic E-state index is -0.871. The van der Waals surface area contributed by atoms with Gasteiger partial charge in [0.15, 0.2) is 0 Å². The Kier molecular flexibility index (Phi) is 8.19. The Bertz CT molecular complexity index is 273. The molecule has 16 heavy (non-hydrogen) atoms. The molecule has 2 unspecified atom stereocenters. The number of carbonyl (C=O) groups excluding carboxylic acids is 2. The van der Waals surface area contributed by atoms with Crippen molar-refractivity contribution in [2.24, 2.45) is 0 Å². The molecule has 0 aromatic heterocycles. The zero-order valence-corrected chi connectivity index (χ0v) is 11.0. The van der Waals surface area contributed by atoms with Crippen molar-refractivity contribution in [1.82, 2.24) is 10.6 Å². The summed E-state index contributed by atoms with van der Waals surface area (Å²) in [4.78, 5) is 22.2. The molecule has 2 atom stereocenters. The number of imide groups is 1. The Balaban J connectivity index is 3.77. The first-order valence-corrected chi connectivity index (χ1v) is 7.18. The highest BCUT2D eigenvalue weighted by atomic mass is 35.5. The first-order valence-electron chi connectivity index (χ1n) is 4.92. The van der Waals surface area contributed by atoms with Gasteiger partial charge in [-0.05, 0) is 13.3 Å². The van der Waals surface area contributed by atoms with E-state index in [0.717, 1.165) is 0 Å². The van der Waals surface area contributed by atoms with Crippen LogP contribution in [-0.2, 0) is 15.6 Å². The van der Waals surface area contributed by atoms with Crippen LogP contribution in [0.5, 0.6) is 0 Å². The summed E-state index contributed by atoms with van der Waals surface area (Å²) in [6.07, 6.45) is 2.33. The fraction of sp³-hybridized carbons (Fsp3) is 0.778. The highest BCUT2D eigenvalue weighted by Gasteiger charge is 2.10. The zero-order valence-electron chi connectivity index (χ0n) is 9.42. The molecule has 0 fully saturated rings. The SMILES string of the molecule is CC(CCS(C)=O)NC(=O)NC(=O)CCCl. The lowest BCUT2D eigenvalue weighted by atomic mass is 10.3. The second kappa shape index (κ2) is 8.52. The van der Waals surface area contributed by atoms with Crippen LogP contribution in [0.25, 0.3) is 0 Å². The van der Waals surface area contributed by atoms with Crippen LogP contribution in [0.3, 0.4) is 0 Å². The molecule has 2 N–H and O–H groups in total. The van der Waals surface area contributed by atoms with Crippen molar-refractivity contribution in [3.8, 4) is 0 Å². The van der Waals surface area contributed by atoms with E-state index in [9.17, 15) is 13.8 Å². The molecule has 0 heterocycles. The molecule has 0 aliphatic heterocycles. The van der Waals surface area contributed by atoms with Crippen LogP contribution in [-0.4, -0.2) is 40.1 Å². The van der Waals surface area contributed by atoms with Crippen molar-refractivity contribution in [3.05, 3.63) is 0 Å². The van der Waals surface area contributed by atoms with Gasteiger partial charge in [0, 0.05) is 41.2 Å². The number of alkyl halides is 1. The van der Waals surface area contributed by atoms with Crippen molar-refractivity contribution >= 4 is 34.3 Å². The third-order valence-electron chi connectivity index (χ3n) is 1.79. The molecular formula is C9H17ClN2O3S. The monoisotopic (exact) mass is 268 g/mol. The fourth-order valence-electron chi connectivity index (χ4n) is 0.950. The molecule has 0 spiro atoms. The molecule has 0 aliphatic rings. The van der Waals surface area contributed by atoms with E-state index in [1.807, 2.05) is 0 Å². The Morgan fingerprint density at radius 2 is 2.06 bits per heavy atom. The quantitative estimate of drug-likeness (QED) is 0.693. The second-order valence-electron chi connectivity index (χ2n) is 3.43. The van der Waals surface area contributed by atoms with E-state index >= 15 is 0 Å². The summed E-state index contributed by atoms with van der Waals surface area (Å²) >= 11 is 5.34. The van der Waals surface area contributed by atoms with Crippen LogP contribution in [0, 0.1) is 0 Å². The van der Waals surface area contributed by atoms with Crippen LogP contribution >= 0.6 is 11.6 Å². The van der Waals surface area contributed by atoms with Crippen LogP contribution in [0.2, 0.25) is 0 Å². The first kappa shape index (κ1) is 15.4. The number of halogens is 1. The maximum Gasteiger partial charge on any atom is 0.321 e. The third-order valence-corrected chi connectivity index (χ3v) is 2.79. The lowest BCUT2D eigenvalue weighted by Gasteiger charge is -2.13. The zero-order chi connectivity index (χ0) is 12.6. The number of amides is 3. The third kappa shape index (κ3) is 8.67. The Morgan fingerprint density at radius 1 is 1.44 bits per heavy atom. The summed E-state index contributed by atoms with van der Waals surface area (Å²) in [7, 11) is -0.871. The maximum absolute atomic E-state index is 11.2. The number of urea groups is 1. The summed E-state index contributed by atoms with van der Waals surface area (Å²) in [5, 5.41) is 4.73. The van der Waals surface area contributed by atoms with Gasteiger partial charge in [0.05, 0.1) is 0 Å². The molecule has 5 nitrogen and oxygen atoms in total. The molecule has 0 radical (unpaired) electrons. The Hall–Kier alpha value is -0.620. The number of nitrogens with one attached hydrogen (secondary N) is 2. The average molecular weight is 269 g/mol. The molecule has 0 saturated carbocycles. The van der Waals surface area contributed by atoms with Crippen molar-refractivity contribution in [2.45, 2.75) is 25.8 Å². The summed E-state index contributed by atoms with van der Waals surface area (Å²) in [5.74, 6) is 0.305. The normalized spacial score (nSPS) is 13.9. The van der Waals surface area contributed by atoms with Gasteiger partial charge in [0.25, 0.3) is 0 Å². The van der Waals surface area contributed by atoms with E-state index in [1.54, 1.807) is 13.2 Å². The van der Waals surface area contributed by atoms with E-state index in [1.165, 1.54) is 0 Å². The molecule has 0 aliphatic carbocycles. The van der Waals surface area contributed by atoms with Crippen molar-refractivity contribution in [1.29, 1.82) is 0 Å². The summed E-state index contributed by atoms with van der Waals surface area (Å²) in [6.45, 7) is 1.79. The summed E-state index contributed by atoms with van der Waals surface area (Å²) in [5.41, 5.74) is 0. The molecule has 0 saturated heterocycles. The van der Waals surface area contributed by atoms with E-state index in [2.05, 4.69) is 10.6 Å². The first-order chi connectivity index (χ1) is 7.45. The number of carbonyl (C=O) groups is 2. The van der Waals surface area contributed by atoms with E-state index < -0.39 is 22.7 Å². The van der Waals surface area contributed by atoms with Crippen molar-refractivity contribution in [2.75, 3.05) is 17.9 Å². The minimum absolute atomic E-state index is 0.113. The minimum Gasteiger partial charge on any atom is -0.335 e. The molecule has 3 amide bonds. The highest BCUT2D eigenvalue weighted by molar-refractivity contribution is 7.84. The average Bonchev–Trinajstić information content (AvgIpc) is 2.14. The lowest BCUT2D eigenvalue weighted by Crippen LogP contribution is -2.43. The van der Waals surface area contributed by atoms with Gasteiger partial charge in [-0.3, -0.25) is 14.3 Å². The van der Waals surface area contributed by atoms with Gasteiger partial charge in [-0.15, -0.1) is 11.6 Å². The van der Waals surface area contributed by atoms with Gasteiger partial charge < -0.3 is 5.32 Å². The number of hydrogen-bond donors (Lipinski definition) is 2. The topological polar surface area (TPSA) is 75.3 Å². The van der Waals surface area contributed by atoms with Crippen molar-refractivity contribution in [3.63, 3.8) is 0 Å². The van der Waals surface area contributed by atoms with Gasteiger partial charge in [-0.25, -0.2) is 4.79 Å². The van der Waals surface area contributed by atoms with Gasteiger partial charge in [0.1, 0.15) is 0 Å². The molecule has 94 valence electrons. The molecule has 0 aromatic carbocycles. The largest absolute Gasteiger partial charge is 0.335 e. The highest BCUT2D eigenvalue weighted by Crippen LogP contribution is 1.92. The van der Waals surface area contributed by atoms with E-state index in [-0.39, 0.29) is 18.3 Å². The van der Waals surface area contributed by atoms with E-state index in [4.69, 9.17) is 11.6 Å². The Morgan fingerprint density at radius 3 is 2.56 bits per heavy atom. The Labute approximate surface area is 103 Å². The molecule has 0 bridgehead atoms. The summed E-state index contributed by atoms with van der Waals surface area (Å²) in [6, 6.07) is -0.655. The van der Waals surface area contributed by atoms with Crippen LogP contribution in [0.4, 0.5) is 4.79 Å². The standard InChI is InChI=1S/C9H17ClN2O3S/c1-7(4-6-16(2)15)11-9(14)12-8(13)3-5-10/h7H,3-6H2,1-2H3,(H2,11,12,13,14). The van der Waals surface area contributed by atoms with E-state index in [0.29, 0.717) is 12.2 Å². The molecular weight excluding hydrogens is 252 g/mol. The van der Waals surface area contributed by atoms with Gasteiger partial charge in [-0.1, -0.05) is 0 Å². The predicted molar refractivity (Wildman–Crippen MR) is 65.0 cm³/mol. The second-order valence-corrected chi connectivity index (χ2v) is 5.36. The van der Waals surface area contributed by atoms with Crippen LogP contribution < -0.4 is 10.6 Å². The van der Waals surface area contributed by atoms with Gasteiger partial charge in [-0.2, -0.15) is 0 Å². The molecule has 7 heteroatoms. The van der Waals surface area contributed by atoms with Gasteiger partial charge >= 0.3 is 6.03 Å². The number of rotatable bonds is 6. The molecule has 0 aromatic rings. The van der Waals surface area contributed by atoms with Crippen LogP contribution in [0.15, 0.2) is 0 Å².